The fourth-order valence-corrected chi connectivity index (χ4v) is 2.41. The molecule has 2 heterocycles. The molecule has 1 aromatic rings. The summed E-state index contributed by atoms with van der Waals surface area (Å²) in [6.45, 7) is 5.94. The smallest absolute Gasteiger partial charge is 0.288 e. The Hall–Kier alpha value is -0.620. The van der Waals surface area contributed by atoms with Gasteiger partial charge >= 0.3 is 0 Å². The highest BCUT2D eigenvalue weighted by Crippen LogP contribution is 2.15. The van der Waals surface area contributed by atoms with E-state index in [-0.39, 0.29) is 27.8 Å². The zero-order valence-electron chi connectivity index (χ0n) is 10.3. The Kier molecular flexibility index (Phi) is 4.27. The third kappa shape index (κ3) is 3.03. The summed E-state index contributed by atoms with van der Waals surface area (Å²) in [4.78, 5) is 14.0. The SMILES string of the molecule is C[C@@H]1CN(Cn2ncc(Cl)c(Cl)c2=O)C[C@@H](C)O1. The molecule has 0 aliphatic carbocycles. The van der Waals surface area contributed by atoms with Gasteiger partial charge in [-0.2, -0.15) is 5.10 Å². The zero-order valence-corrected chi connectivity index (χ0v) is 11.8. The van der Waals surface area contributed by atoms with Crippen LogP contribution in [0.3, 0.4) is 0 Å². The quantitative estimate of drug-likeness (QED) is 0.831. The Morgan fingerprint density at radius 2 is 2.00 bits per heavy atom. The van der Waals surface area contributed by atoms with Crippen molar-refractivity contribution in [2.75, 3.05) is 13.1 Å². The maximum Gasteiger partial charge on any atom is 0.288 e. The molecule has 5 nitrogen and oxygen atoms in total. The van der Waals surface area contributed by atoms with Crippen LogP contribution in [0.15, 0.2) is 11.0 Å². The van der Waals surface area contributed by atoms with Gasteiger partial charge in [0.15, 0.2) is 0 Å². The summed E-state index contributed by atoms with van der Waals surface area (Å²) in [7, 11) is 0. The zero-order chi connectivity index (χ0) is 13.3. The summed E-state index contributed by atoms with van der Waals surface area (Å²) < 4.78 is 6.95. The van der Waals surface area contributed by atoms with E-state index in [4.69, 9.17) is 27.9 Å². The molecule has 1 aliphatic rings. The van der Waals surface area contributed by atoms with E-state index in [0.717, 1.165) is 13.1 Å². The highest BCUT2D eigenvalue weighted by Gasteiger charge is 2.23. The Labute approximate surface area is 115 Å². The summed E-state index contributed by atoms with van der Waals surface area (Å²) in [5.74, 6) is 0. The lowest BCUT2D eigenvalue weighted by Gasteiger charge is -2.35. The first kappa shape index (κ1) is 13.8. The number of hydrogen-bond donors (Lipinski definition) is 0. The van der Waals surface area contributed by atoms with Crippen molar-refractivity contribution in [2.45, 2.75) is 32.7 Å². The van der Waals surface area contributed by atoms with Crippen molar-refractivity contribution in [2.24, 2.45) is 0 Å². The molecule has 0 aromatic carbocycles. The van der Waals surface area contributed by atoms with E-state index in [1.165, 1.54) is 10.9 Å². The first-order valence-corrected chi connectivity index (χ1v) is 6.52. The summed E-state index contributed by atoms with van der Waals surface area (Å²) in [6.07, 6.45) is 1.68. The van der Waals surface area contributed by atoms with Crippen molar-refractivity contribution in [1.82, 2.24) is 14.7 Å². The normalized spacial score (nSPS) is 25.3. The first-order valence-electron chi connectivity index (χ1n) is 5.76. The second-order valence-corrected chi connectivity index (χ2v) is 5.33. The summed E-state index contributed by atoms with van der Waals surface area (Å²) in [6, 6.07) is 0. The molecule has 100 valence electrons. The number of morpholine rings is 1. The molecular formula is C11H15Cl2N3O2. The molecule has 1 saturated heterocycles. The van der Waals surface area contributed by atoms with Crippen LogP contribution < -0.4 is 5.56 Å². The van der Waals surface area contributed by atoms with Crippen molar-refractivity contribution in [3.63, 3.8) is 0 Å². The first-order chi connectivity index (χ1) is 8.47. The Morgan fingerprint density at radius 3 is 2.61 bits per heavy atom. The molecular weight excluding hydrogens is 277 g/mol. The molecule has 0 amide bonds. The van der Waals surface area contributed by atoms with Crippen LogP contribution in [-0.4, -0.2) is 40.0 Å². The standard InChI is InChI=1S/C11H15Cl2N3O2/c1-7-4-15(5-8(2)18-7)6-16-11(17)10(13)9(12)3-14-16/h3,7-8H,4-6H2,1-2H3/t7-,8-/m1/s1. The van der Waals surface area contributed by atoms with E-state index >= 15 is 0 Å². The van der Waals surface area contributed by atoms with Crippen LogP contribution in [0.2, 0.25) is 10.0 Å². The van der Waals surface area contributed by atoms with E-state index < -0.39 is 0 Å². The third-order valence-corrected chi connectivity index (χ3v) is 3.52. The number of nitrogens with zero attached hydrogens (tertiary/aromatic N) is 3. The minimum Gasteiger partial charge on any atom is -0.373 e. The van der Waals surface area contributed by atoms with Gasteiger partial charge in [-0.25, -0.2) is 4.68 Å². The molecule has 0 saturated carbocycles. The topological polar surface area (TPSA) is 47.4 Å². The van der Waals surface area contributed by atoms with Gasteiger partial charge in [0.2, 0.25) is 0 Å². The molecule has 0 spiro atoms. The van der Waals surface area contributed by atoms with Gasteiger partial charge in [-0.1, -0.05) is 23.2 Å². The van der Waals surface area contributed by atoms with E-state index in [1.54, 1.807) is 0 Å². The average Bonchev–Trinajstić information content (AvgIpc) is 2.29. The minimum atomic E-state index is -0.365. The highest BCUT2D eigenvalue weighted by atomic mass is 35.5. The predicted octanol–water partition coefficient (Wildman–Crippen LogP) is 1.62. The van der Waals surface area contributed by atoms with Crippen LogP contribution in [0.5, 0.6) is 0 Å². The van der Waals surface area contributed by atoms with Gasteiger partial charge in [-0.3, -0.25) is 9.69 Å². The largest absolute Gasteiger partial charge is 0.373 e. The lowest BCUT2D eigenvalue weighted by molar-refractivity contribution is -0.0779. The minimum absolute atomic E-state index is 0.0148. The number of halogens is 2. The third-order valence-electron chi connectivity index (χ3n) is 2.77. The van der Waals surface area contributed by atoms with Crippen molar-refractivity contribution in [3.05, 3.63) is 26.6 Å². The highest BCUT2D eigenvalue weighted by molar-refractivity contribution is 6.41. The van der Waals surface area contributed by atoms with E-state index in [1.807, 2.05) is 13.8 Å². The molecule has 1 aromatic heterocycles. The number of aromatic nitrogens is 2. The maximum absolute atomic E-state index is 11.9. The number of hydrogen-bond acceptors (Lipinski definition) is 4. The van der Waals surface area contributed by atoms with Crippen molar-refractivity contribution in [3.8, 4) is 0 Å². The van der Waals surface area contributed by atoms with E-state index in [0.29, 0.717) is 6.67 Å². The van der Waals surface area contributed by atoms with Crippen molar-refractivity contribution in [1.29, 1.82) is 0 Å². The van der Waals surface area contributed by atoms with Crippen LogP contribution in [0.25, 0.3) is 0 Å². The molecule has 7 heteroatoms. The second kappa shape index (κ2) is 5.57. The molecule has 0 radical (unpaired) electrons. The predicted molar refractivity (Wildman–Crippen MR) is 70.1 cm³/mol. The lowest BCUT2D eigenvalue weighted by atomic mass is 10.2. The van der Waals surface area contributed by atoms with Gasteiger partial charge in [0.05, 0.1) is 30.1 Å². The lowest BCUT2D eigenvalue weighted by Crippen LogP contribution is -2.47. The number of rotatable bonds is 2. The second-order valence-electron chi connectivity index (χ2n) is 4.55. The fraction of sp³-hybridized carbons (Fsp3) is 0.636. The van der Waals surface area contributed by atoms with E-state index in [2.05, 4.69) is 10.00 Å². The van der Waals surface area contributed by atoms with Gasteiger partial charge < -0.3 is 4.74 Å². The van der Waals surface area contributed by atoms with Gasteiger partial charge in [0.1, 0.15) is 5.02 Å². The van der Waals surface area contributed by atoms with Crippen LogP contribution in [0.1, 0.15) is 13.8 Å². The average molecular weight is 292 g/mol. The van der Waals surface area contributed by atoms with Crippen LogP contribution in [0.4, 0.5) is 0 Å². The van der Waals surface area contributed by atoms with Crippen LogP contribution in [-0.2, 0) is 11.4 Å². The summed E-state index contributed by atoms with van der Waals surface area (Å²) in [5.41, 5.74) is -0.365. The van der Waals surface area contributed by atoms with Crippen molar-refractivity contribution < 1.29 is 4.74 Å². The summed E-state index contributed by atoms with van der Waals surface area (Å²) in [5, 5.41) is 4.19. The van der Waals surface area contributed by atoms with Gasteiger partial charge in [-0.15, -0.1) is 0 Å². The monoisotopic (exact) mass is 291 g/mol. The fourth-order valence-electron chi connectivity index (χ4n) is 2.13. The molecule has 1 aliphatic heterocycles. The summed E-state index contributed by atoms with van der Waals surface area (Å²) >= 11 is 11.5. The Balaban J connectivity index is 2.14. The molecule has 0 N–H and O–H groups in total. The Bertz CT molecular complexity index is 482. The van der Waals surface area contributed by atoms with Gasteiger partial charge in [0.25, 0.3) is 5.56 Å². The van der Waals surface area contributed by atoms with Crippen molar-refractivity contribution >= 4 is 23.2 Å². The molecule has 0 unspecified atom stereocenters. The maximum atomic E-state index is 11.9. The van der Waals surface area contributed by atoms with Gasteiger partial charge in [0, 0.05) is 13.1 Å². The molecule has 2 atom stereocenters. The molecule has 2 rings (SSSR count). The molecule has 0 bridgehead atoms. The Morgan fingerprint density at radius 1 is 1.39 bits per heavy atom. The molecule has 18 heavy (non-hydrogen) atoms. The van der Waals surface area contributed by atoms with Crippen LogP contribution >= 0.6 is 23.2 Å². The number of ether oxygens (including phenoxy) is 1. The van der Waals surface area contributed by atoms with Crippen LogP contribution in [0, 0.1) is 0 Å². The van der Waals surface area contributed by atoms with Gasteiger partial charge in [-0.05, 0) is 13.8 Å². The van der Waals surface area contributed by atoms with E-state index in [9.17, 15) is 4.79 Å². The molecule has 1 fully saturated rings.